The zero-order valence-electron chi connectivity index (χ0n) is 11.4. The smallest absolute Gasteiger partial charge is 0.352 e. The van der Waals surface area contributed by atoms with Crippen LogP contribution in [0.2, 0.25) is 0 Å². The summed E-state index contributed by atoms with van der Waals surface area (Å²) in [5, 5.41) is 2.65. The molecule has 1 rings (SSSR count). The van der Waals surface area contributed by atoms with Crippen LogP contribution in [0.4, 0.5) is 13.2 Å². The summed E-state index contributed by atoms with van der Waals surface area (Å²) in [4.78, 5) is 11.5. The van der Waals surface area contributed by atoms with Gasteiger partial charge in [-0.15, -0.1) is 0 Å². The second-order valence-corrected chi connectivity index (χ2v) is 6.48. The third kappa shape index (κ3) is 5.82. The fourth-order valence-corrected chi connectivity index (χ4v) is 2.38. The monoisotopic (exact) mass is 427 g/mol. The molecule has 0 saturated heterocycles. The van der Waals surface area contributed by atoms with Crippen molar-refractivity contribution in [3.63, 3.8) is 0 Å². The normalized spacial score (nSPS) is 12.2. The number of alkyl halides is 3. The Morgan fingerprint density at radius 3 is 2.48 bits per heavy atom. The molecule has 1 aromatic carbocycles. The molecule has 1 aromatic rings. The van der Waals surface area contributed by atoms with Crippen LogP contribution < -0.4 is 5.32 Å². The fraction of sp³-hybridized carbons (Fsp3) is 0.357. The topological polar surface area (TPSA) is 29.1 Å². The first-order chi connectivity index (χ1) is 9.61. The van der Waals surface area contributed by atoms with E-state index in [1.165, 1.54) is 18.2 Å². The van der Waals surface area contributed by atoms with Gasteiger partial charge >= 0.3 is 6.18 Å². The van der Waals surface area contributed by atoms with Gasteiger partial charge in [0.1, 0.15) is 0 Å². The van der Waals surface area contributed by atoms with Gasteiger partial charge < -0.3 is 5.32 Å². The second kappa shape index (κ2) is 7.45. The molecule has 0 aliphatic carbocycles. The molecule has 0 aliphatic rings. The molecular weight excluding hydrogens is 415 g/mol. The van der Waals surface area contributed by atoms with E-state index < -0.39 is 11.7 Å². The van der Waals surface area contributed by atoms with E-state index in [0.717, 1.165) is 6.07 Å². The Morgan fingerprint density at radius 2 is 1.95 bits per heavy atom. The molecule has 0 bridgehead atoms. The second-order valence-electron chi connectivity index (χ2n) is 4.83. The summed E-state index contributed by atoms with van der Waals surface area (Å²) in [6.07, 6.45) is -1.90. The summed E-state index contributed by atoms with van der Waals surface area (Å²) in [5.41, 5.74) is -0.504. The lowest BCUT2D eigenvalue weighted by atomic mass is 10.1. The van der Waals surface area contributed by atoms with Crippen LogP contribution in [0.1, 0.15) is 25.0 Å². The van der Waals surface area contributed by atoms with E-state index in [1.807, 2.05) is 13.8 Å². The molecule has 0 aliphatic heterocycles. The fourth-order valence-electron chi connectivity index (χ4n) is 1.45. The Balaban J connectivity index is 2.95. The van der Waals surface area contributed by atoms with Crippen molar-refractivity contribution < 1.29 is 18.0 Å². The Morgan fingerprint density at radius 1 is 1.33 bits per heavy atom. The van der Waals surface area contributed by atoms with Gasteiger partial charge in [-0.25, -0.2) is 0 Å². The van der Waals surface area contributed by atoms with E-state index in [0.29, 0.717) is 12.5 Å². The molecule has 0 aromatic heterocycles. The molecule has 7 heteroatoms. The van der Waals surface area contributed by atoms with Crippen molar-refractivity contribution in [1.29, 1.82) is 0 Å². The number of nitrogens with one attached hydrogen (secondary N) is 1. The molecule has 2 nitrogen and oxygen atoms in total. The zero-order chi connectivity index (χ0) is 16.2. The Hall–Kier alpha value is -0.820. The van der Waals surface area contributed by atoms with E-state index in [1.54, 1.807) is 0 Å². The number of hydrogen-bond donors (Lipinski definition) is 1. The molecule has 21 heavy (non-hydrogen) atoms. The molecule has 1 N–H and O–H groups in total. The summed E-state index contributed by atoms with van der Waals surface area (Å²) in [6, 6.07) is 2.49. The lowest BCUT2D eigenvalue weighted by Gasteiger charge is -2.11. The van der Waals surface area contributed by atoms with Crippen molar-refractivity contribution >= 4 is 43.8 Å². The summed E-state index contributed by atoms with van der Waals surface area (Å²) >= 11 is 5.97. The first kappa shape index (κ1) is 18.2. The van der Waals surface area contributed by atoms with E-state index in [9.17, 15) is 18.0 Å². The van der Waals surface area contributed by atoms with E-state index in [2.05, 4.69) is 37.2 Å². The summed E-state index contributed by atoms with van der Waals surface area (Å²) in [6.45, 7) is 4.41. The van der Waals surface area contributed by atoms with Gasteiger partial charge in [0.25, 0.3) is 0 Å². The van der Waals surface area contributed by atoms with Crippen LogP contribution in [0.5, 0.6) is 0 Å². The van der Waals surface area contributed by atoms with Gasteiger partial charge in [-0.2, -0.15) is 13.2 Å². The van der Waals surface area contributed by atoms with Crippen LogP contribution in [-0.4, -0.2) is 12.5 Å². The average molecular weight is 429 g/mol. The zero-order valence-corrected chi connectivity index (χ0v) is 14.6. The van der Waals surface area contributed by atoms with Crippen molar-refractivity contribution in [1.82, 2.24) is 5.32 Å². The lowest BCUT2D eigenvalue weighted by Crippen LogP contribution is -2.25. The molecule has 0 spiro atoms. The molecule has 0 saturated carbocycles. The summed E-state index contributed by atoms with van der Waals surface area (Å²) in [7, 11) is 0. The molecule has 0 atom stereocenters. The highest BCUT2D eigenvalue weighted by molar-refractivity contribution is 9.13. The van der Waals surface area contributed by atoms with Gasteiger partial charge in [-0.1, -0.05) is 13.8 Å². The largest absolute Gasteiger partial charge is 0.417 e. The molecule has 0 unspecified atom stereocenters. The maximum atomic E-state index is 12.9. The summed E-state index contributed by atoms with van der Waals surface area (Å²) < 4.78 is 38.8. The summed E-state index contributed by atoms with van der Waals surface area (Å²) in [5.74, 6) is -0.0303. The molecule has 116 valence electrons. The molecule has 0 fully saturated rings. The number of carbonyl (C=O) groups excluding carboxylic acids is 1. The Labute approximate surface area is 138 Å². The SMILES string of the molecule is CC(C)CNC(=O)/C=C/c1cc(Br)c(Br)c(C(F)(F)F)c1. The van der Waals surface area contributed by atoms with Crippen LogP contribution in [0, 0.1) is 5.92 Å². The van der Waals surface area contributed by atoms with Gasteiger partial charge in [0.15, 0.2) is 0 Å². The lowest BCUT2D eigenvalue weighted by molar-refractivity contribution is -0.138. The van der Waals surface area contributed by atoms with Crippen LogP contribution >= 0.6 is 31.9 Å². The predicted molar refractivity (Wildman–Crippen MR) is 83.7 cm³/mol. The van der Waals surface area contributed by atoms with Crippen molar-refractivity contribution in [3.8, 4) is 0 Å². The van der Waals surface area contributed by atoms with Gasteiger partial charge in [0, 0.05) is 21.6 Å². The van der Waals surface area contributed by atoms with Crippen molar-refractivity contribution in [2.75, 3.05) is 6.54 Å². The molecule has 0 radical (unpaired) electrons. The van der Waals surface area contributed by atoms with Gasteiger partial charge in [-0.3, -0.25) is 4.79 Å². The third-order valence-electron chi connectivity index (χ3n) is 2.47. The van der Waals surface area contributed by atoms with E-state index in [4.69, 9.17) is 0 Å². The number of halogens is 5. The van der Waals surface area contributed by atoms with Crippen molar-refractivity contribution in [2.45, 2.75) is 20.0 Å². The Kier molecular flexibility index (Phi) is 6.46. The minimum atomic E-state index is -4.47. The minimum absolute atomic E-state index is 0.0589. The minimum Gasteiger partial charge on any atom is -0.352 e. The van der Waals surface area contributed by atoms with Crippen LogP contribution in [-0.2, 0) is 11.0 Å². The number of carbonyl (C=O) groups is 1. The molecule has 0 heterocycles. The van der Waals surface area contributed by atoms with Crippen molar-refractivity contribution in [2.24, 2.45) is 5.92 Å². The van der Waals surface area contributed by atoms with Crippen molar-refractivity contribution in [3.05, 3.63) is 38.3 Å². The number of amides is 1. The van der Waals surface area contributed by atoms with Crippen LogP contribution in [0.25, 0.3) is 6.08 Å². The first-order valence-corrected chi connectivity index (χ1v) is 7.72. The van der Waals surface area contributed by atoms with E-state index in [-0.39, 0.29) is 20.4 Å². The van der Waals surface area contributed by atoms with Crippen LogP contribution in [0.3, 0.4) is 0 Å². The average Bonchev–Trinajstić information content (AvgIpc) is 2.36. The van der Waals surface area contributed by atoms with Gasteiger partial charge in [0.2, 0.25) is 5.91 Å². The Bertz CT molecular complexity index is 554. The highest BCUT2D eigenvalue weighted by atomic mass is 79.9. The standard InChI is InChI=1S/C14H14Br2F3NO/c1-8(2)7-20-12(21)4-3-9-5-10(14(17,18)19)13(16)11(15)6-9/h3-6,8H,7H2,1-2H3,(H,20,21)/b4-3+. The number of benzene rings is 1. The highest BCUT2D eigenvalue weighted by Gasteiger charge is 2.34. The van der Waals surface area contributed by atoms with Gasteiger partial charge in [-0.05, 0) is 61.5 Å². The quantitative estimate of drug-likeness (QED) is 0.670. The number of hydrogen-bond acceptors (Lipinski definition) is 1. The third-order valence-corrected chi connectivity index (χ3v) is 4.48. The molecular formula is C14H14Br2F3NO. The van der Waals surface area contributed by atoms with E-state index >= 15 is 0 Å². The predicted octanol–water partition coefficient (Wildman–Crippen LogP) is 5.02. The van der Waals surface area contributed by atoms with Gasteiger partial charge in [0.05, 0.1) is 5.56 Å². The van der Waals surface area contributed by atoms with Crippen LogP contribution in [0.15, 0.2) is 27.2 Å². The molecule has 1 amide bonds. The maximum Gasteiger partial charge on any atom is 0.417 e. The maximum absolute atomic E-state index is 12.9. The highest BCUT2D eigenvalue weighted by Crippen LogP contribution is 2.39. The number of rotatable bonds is 4. The first-order valence-electron chi connectivity index (χ1n) is 6.13.